The molecule has 0 unspecified atom stereocenters. The molecule has 0 radical (unpaired) electrons. The van der Waals surface area contributed by atoms with Crippen molar-refractivity contribution in [3.05, 3.63) is 181 Å². The topological polar surface area (TPSA) is 116 Å². The fraction of sp³-hybridized carbons (Fsp3) is 0.333. The minimum Gasteiger partial charge on any atom is -0.466 e. The Hall–Kier alpha value is -6.19. The quantitative estimate of drug-likeness (QED) is 0.0259. The van der Waals surface area contributed by atoms with Gasteiger partial charge in [0.05, 0.1) is 32.3 Å². The number of esters is 2. The predicted molar refractivity (Wildman–Crippen MR) is 304 cm³/mol. The van der Waals surface area contributed by atoms with Gasteiger partial charge in [0.25, 0.3) is 7.44 Å². The number of rotatable bonds is 15. The Balaban J connectivity index is 0.000000219. The van der Waals surface area contributed by atoms with E-state index in [9.17, 15) is 14.2 Å². The van der Waals surface area contributed by atoms with E-state index in [1.807, 2.05) is 145 Å². The van der Waals surface area contributed by atoms with Crippen molar-refractivity contribution in [3.8, 4) is 0 Å². The van der Waals surface area contributed by atoms with Gasteiger partial charge in [0.1, 0.15) is 0 Å². The number of para-hydroxylation sites is 5. The Morgan fingerprint density at radius 1 is 0.653 bits per heavy atom. The van der Waals surface area contributed by atoms with Gasteiger partial charge in [-0.25, -0.2) is 4.79 Å². The van der Waals surface area contributed by atoms with Crippen molar-refractivity contribution in [1.29, 1.82) is 0 Å². The van der Waals surface area contributed by atoms with E-state index in [0.717, 1.165) is 30.2 Å². The molecule has 72 heavy (non-hydrogen) atoms. The van der Waals surface area contributed by atoms with Crippen molar-refractivity contribution in [2.75, 3.05) is 76.5 Å². The lowest BCUT2D eigenvalue weighted by molar-refractivity contribution is -0.142. The lowest BCUT2D eigenvalue weighted by Crippen LogP contribution is -2.31. The number of benzene rings is 5. The second-order valence-corrected chi connectivity index (χ2v) is 23.5. The third-order valence-corrected chi connectivity index (χ3v) is 16.1. The van der Waals surface area contributed by atoms with Gasteiger partial charge in [-0.15, -0.1) is 5.73 Å². The molecule has 2 aliphatic rings. The molecule has 2 heterocycles. The first kappa shape index (κ1) is 56.7. The molecule has 0 spiro atoms. The molecule has 2 aliphatic heterocycles. The Labute approximate surface area is 435 Å². The molecule has 2 fully saturated rings. The fourth-order valence-corrected chi connectivity index (χ4v) is 13.2. The van der Waals surface area contributed by atoms with Crippen molar-refractivity contribution in [3.63, 3.8) is 0 Å². The number of carbonyl (C=O) groups is 2. The number of hydrogen-bond acceptors (Lipinski definition) is 9. The molecule has 7 rings (SSSR count). The van der Waals surface area contributed by atoms with E-state index in [1.54, 1.807) is 13.8 Å². The predicted octanol–water partition coefficient (Wildman–Crippen LogP) is 13.6. The van der Waals surface area contributed by atoms with Crippen LogP contribution in [0, 0.1) is 10.8 Å². The maximum atomic E-state index is 15.0. The molecular weight excluding hydrogens is 959 g/mol. The van der Waals surface area contributed by atoms with E-state index in [0.29, 0.717) is 49.9 Å². The lowest BCUT2D eigenvalue weighted by Gasteiger charge is -2.35. The smallest absolute Gasteiger partial charge is 0.338 e. The van der Waals surface area contributed by atoms with Crippen LogP contribution in [-0.2, 0) is 28.2 Å². The van der Waals surface area contributed by atoms with E-state index in [1.165, 1.54) is 17.5 Å². The highest BCUT2D eigenvalue weighted by molar-refractivity contribution is 7.80. The summed E-state index contributed by atoms with van der Waals surface area (Å²) >= 11 is 5.39. The van der Waals surface area contributed by atoms with Crippen molar-refractivity contribution in [1.82, 2.24) is 5.32 Å². The van der Waals surface area contributed by atoms with Crippen molar-refractivity contribution >= 4 is 73.6 Å². The van der Waals surface area contributed by atoms with Crippen molar-refractivity contribution in [2.45, 2.75) is 61.8 Å². The lowest BCUT2D eigenvalue weighted by atomic mass is 9.96. The molecule has 5 aromatic carbocycles. The number of anilines is 5. The first-order valence-electron chi connectivity index (χ1n) is 24.4. The molecule has 0 saturated carbocycles. The molecule has 2 N–H and O–H groups in total. The van der Waals surface area contributed by atoms with Gasteiger partial charge in [0, 0.05) is 66.5 Å². The third kappa shape index (κ3) is 17.8. The molecule has 0 amide bonds. The van der Waals surface area contributed by atoms with Crippen LogP contribution >= 0.6 is 28.1 Å². The third-order valence-electron chi connectivity index (χ3n) is 10.6. The zero-order valence-corrected chi connectivity index (χ0v) is 45.7. The summed E-state index contributed by atoms with van der Waals surface area (Å²) in [6.45, 7) is 20.9. The minimum atomic E-state index is -3.29. The molecule has 2 saturated heterocycles. The molecule has 12 nitrogen and oxygen atoms in total. The highest BCUT2D eigenvalue weighted by Gasteiger charge is 2.47. The Morgan fingerprint density at radius 3 is 1.53 bits per heavy atom. The van der Waals surface area contributed by atoms with Crippen LogP contribution in [0.25, 0.3) is 0 Å². The summed E-state index contributed by atoms with van der Waals surface area (Å²) in [4.78, 5) is 23.3. The van der Waals surface area contributed by atoms with Gasteiger partial charge in [-0.2, -0.15) is 0 Å². The normalized spacial score (nSPS) is 14.4. The van der Waals surface area contributed by atoms with Gasteiger partial charge in [-0.1, -0.05) is 139 Å². The SMILES string of the molecule is CCOC(=O)C/C(=C\C(C)(C)C)P1(=O)N(c2ccccc2)CCN1c1ccccc1.CCOC(=O)C=C=CC(C)(C)C.S=C(NCCOP1N(c2ccccc2)CCN1c1ccccc1)Nc1ccccc1. The summed E-state index contributed by atoms with van der Waals surface area (Å²) < 4.78 is 40.0. The molecule has 15 heteroatoms. The standard InChI is InChI=1S/C24H31N2O3P.C23H25N4OPS.C10H16O2/c1-5-29-23(27)18-22(19-24(2,3)4)30(28)25(20-12-8-6-9-13-20)16-17-26(30)21-14-10-7-11-15-21;30-23(25-20-10-4-1-5-11-20)24-16-19-28-29-26(21-12-6-2-7-13-21)17-18-27(29)22-14-8-3-9-15-22;1-5-12-9(11)7-6-8-10(2,3)4/h6-15,19H,5,16-18H2,1-4H3;1-15H,16-19H2,(H2,24,25,30);7-8H,5H2,1-4H3/b22-19+;;. The van der Waals surface area contributed by atoms with Gasteiger partial charge in [-0.3, -0.25) is 9.36 Å². The average Bonchev–Trinajstić information content (AvgIpc) is 3.95. The fourth-order valence-electron chi connectivity index (χ4n) is 7.59. The van der Waals surface area contributed by atoms with E-state index < -0.39 is 15.9 Å². The van der Waals surface area contributed by atoms with Crippen LogP contribution in [0.4, 0.5) is 28.4 Å². The number of allylic oxidation sites excluding steroid dienone is 1. The van der Waals surface area contributed by atoms with E-state index >= 15 is 0 Å². The Morgan fingerprint density at radius 2 is 1.10 bits per heavy atom. The first-order chi connectivity index (χ1) is 34.5. The summed E-state index contributed by atoms with van der Waals surface area (Å²) in [5.41, 5.74) is 7.74. The van der Waals surface area contributed by atoms with Crippen LogP contribution in [0.2, 0.25) is 0 Å². The van der Waals surface area contributed by atoms with Gasteiger partial charge in [0.15, 0.2) is 5.11 Å². The summed E-state index contributed by atoms with van der Waals surface area (Å²) in [6, 6.07) is 50.4. The van der Waals surface area contributed by atoms with Crippen LogP contribution < -0.4 is 29.3 Å². The largest absolute Gasteiger partial charge is 0.466 e. The molecule has 5 aromatic rings. The van der Waals surface area contributed by atoms with Crippen molar-refractivity contribution in [2.24, 2.45) is 10.8 Å². The summed E-state index contributed by atoms with van der Waals surface area (Å²) in [6.07, 6.45) is 5.15. The van der Waals surface area contributed by atoms with Gasteiger partial charge >= 0.3 is 11.9 Å². The number of thiocarbonyl (C=S) groups is 1. The second-order valence-electron chi connectivity index (χ2n) is 18.8. The molecule has 0 aromatic heterocycles. The van der Waals surface area contributed by atoms with Crippen LogP contribution in [0.15, 0.2) is 181 Å². The molecule has 0 aliphatic carbocycles. The van der Waals surface area contributed by atoms with Crippen molar-refractivity contribution < 1.29 is 28.2 Å². The van der Waals surface area contributed by atoms with E-state index in [2.05, 4.69) is 99.7 Å². The maximum Gasteiger partial charge on any atom is 0.338 e. The number of hydrogen-bond donors (Lipinski definition) is 2. The van der Waals surface area contributed by atoms with Crippen LogP contribution in [0.3, 0.4) is 0 Å². The van der Waals surface area contributed by atoms with Crippen LogP contribution in [0.5, 0.6) is 0 Å². The maximum absolute atomic E-state index is 15.0. The zero-order valence-electron chi connectivity index (χ0n) is 43.1. The summed E-state index contributed by atoms with van der Waals surface area (Å²) in [7, 11) is -4.23. The number of nitrogens with zero attached hydrogens (tertiary/aromatic N) is 4. The minimum absolute atomic E-state index is 0.00898. The van der Waals surface area contributed by atoms with Crippen LogP contribution in [-0.4, -0.2) is 69.6 Å². The molecule has 0 atom stereocenters. The summed E-state index contributed by atoms with van der Waals surface area (Å²) in [5.74, 6) is -0.686. The van der Waals surface area contributed by atoms with Gasteiger partial charge in [0.2, 0.25) is 8.45 Å². The average molecular weight is 1030 g/mol. The highest BCUT2D eigenvalue weighted by atomic mass is 32.1. The number of nitrogens with one attached hydrogen (secondary N) is 2. The molecule has 382 valence electrons. The van der Waals surface area contributed by atoms with Crippen LogP contribution in [0.1, 0.15) is 61.8 Å². The zero-order chi connectivity index (χ0) is 52.0. The number of carbonyl (C=O) groups excluding carboxylic acids is 2. The van der Waals surface area contributed by atoms with Gasteiger partial charge in [-0.05, 0) is 104 Å². The van der Waals surface area contributed by atoms with E-state index in [4.69, 9.17) is 21.5 Å². The molecular formula is C57H72N6O6P2S. The molecule has 0 bridgehead atoms. The first-order valence-corrected chi connectivity index (χ1v) is 27.6. The Kier molecular flexibility index (Phi) is 22.2. The second kappa shape index (κ2) is 28.2. The number of ether oxygens (including phenoxy) is 2. The van der Waals surface area contributed by atoms with E-state index in [-0.39, 0.29) is 29.2 Å². The Bertz CT molecular complexity index is 2490. The van der Waals surface area contributed by atoms with Gasteiger partial charge < -0.3 is 43.3 Å². The monoisotopic (exact) mass is 1030 g/mol. The summed E-state index contributed by atoms with van der Waals surface area (Å²) in [5, 5.41) is 7.65. The highest BCUT2D eigenvalue weighted by Crippen LogP contribution is 2.67.